The molecule has 7 heteroatoms. The largest absolute Gasteiger partial charge is 0.361 e. The molecule has 0 N–H and O–H groups in total. The molecule has 0 aliphatic heterocycles. The van der Waals surface area contributed by atoms with E-state index in [0.29, 0.717) is 17.9 Å². The van der Waals surface area contributed by atoms with Crippen LogP contribution in [0, 0.1) is 6.92 Å². The van der Waals surface area contributed by atoms with Gasteiger partial charge in [-0.05, 0) is 6.92 Å². The summed E-state index contributed by atoms with van der Waals surface area (Å²) in [5.74, 6) is 1.02. The number of carbonyl (C=O) groups excluding carboxylic acids is 1. The Kier molecular flexibility index (Phi) is 4.16. The van der Waals surface area contributed by atoms with Crippen molar-refractivity contribution in [3.63, 3.8) is 0 Å². The van der Waals surface area contributed by atoms with Crippen molar-refractivity contribution in [3.8, 4) is 0 Å². The SMILES string of the molecule is Cc1nonc1CC(=O)N(C)Cc1cc(C(C)C)on1. The maximum absolute atomic E-state index is 12.1. The number of likely N-dealkylation sites (N-methyl/N-ethyl adjacent to an activating group) is 1. The second-order valence-electron chi connectivity index (χ2n) is 5.10. The first-order valence-corrected chi connectivity index (χ1v) is 6.45. The predicted molar refractivity (Wildman–Crippen MR) is 69.8 cm³/mol. The molecule has 0 radical (unpaired) electrons. The first-order chi connectivity index (χ1) is 9.47. The van der Waals surface area contributed by atoms with Gasteiger partial charge in [0.15, 0.2) is 0 Å². The fourth-order valence-electron chi connectivity index (χ4n) is 1.69. The van der Waals surface area contributed by atoms with Crippen molar-refractivity contribution in [2.24, 2.45) is 0 Å². The Bertz CT molecular complexity index is 588. The van der Waals surface area contributed by atoms with Gasteiger partial charge in [0.25, 0.3) is 0 Å². The third kappa shape index (κ3) is 3.23. The van der Waals surface area contributed by atoms with Crippen LogP contribution in [-0.2, 0) is 17.8 Å². The highest BCUT2D eigenvalue weighted by molar-refractivity contribution is 5.78. The van der Waals surface area contributed by atoms with Gasteiger partial charge in [-0.15, -0.1) is 0 Å². The zero-order chi connectivity index (χ0) is 14.7. The van der Waals surface area contributed by atoms with E-state index < -0.39 is 0 Å². The first kappa shape index (κ1) is 14.2. The van der Waals surface area contributed by atoms with Gasteiger partial charge in [0.2, 0.25) is 5.91 Å². The summed E-state index contributed by atoms with van der Waals surface area (Å²) in [6, 6.07) is 1.87. The van der Waals surface area contributed by atoms with Crippen LogP contribution < -0.4 is 0 Å². The van der Waals surface area contributed by atoms with E-state index in [2.05, 4.69) is 20.1 Å². The number of hydrogen-bond donors (Lipinski definition) is 0. The molecular weight excluding hydrogens is 260 g/mol. The summed E-state index contributed by atoms with van der Waals surface area (Å²) < 4.78 is 9.78. The number of aryl methyl sites for hydroxylation is 1. The standard InChI is InChI=1S/C13H18N4O3/c1-8(2)12-5-10(15-19-12)7-17(4)13(18)6-11-9(3)14-20-16-11/h5,8H,6-7H2,1-4H3. The van der Waals surface area contributed by atoms with Gasteiger partial charge in [-0.3, -0.25) is 4.79 Å². The van der Waals surface area contributed by atoms with E-state index in [0.717, 1.165) is 11.5 Å². The summed E-state index contributed by atoms with van der Waals surface area (Å²) in [7, 11) is 1.72. The van der Waals surface area contributed by atoms with E-state index in [1.807, 2.05) is 19.9 Å². The predicted octanol–water partition coefficient (Wildman–Crippen LogP) is 1.69. The minimum atomic E-state index is -0.0714. The summed E-state index contributed by atoms with van der Waals surface area (Å²) in [6.07, 6.45) is 0.167. The van der Waals surface area contributed by atoms with E-state index in [4.69, 9.17) is 4.52 Å². The van der Waals surface area contributed by atoms with Crippen molar-refractivity contribution in [3.05, 3.63) is 28.9 Å². The van der Waals surface area contributed by atoms with Crippen LogP contribution in [-0.4, -0.2) is 33.3 Å². The minimum absolute atomic E-state index is 0.0714. The molecule has 2 aromatic rings. The van der Waals surface area contributed by atoms with Crippen molar-refractivity contribution in [1.29, 1.82) is 0 Å². The Labute approximate surface area is 116 Å². The van der Waals surface area contributed by atoms with E-state index in [1.54, 1.807) is 18.9 Å². The van der Waals surface area contributed by atoms with Gasteiger partial charge in [-0.25, -0.2) is 4.63 Å². The van der Waals surface area contributed by atoms with Gasteiger partial charge in [-0.1, -0.05) is 29.3 Å². The van der Waals surface area contributed by atoms with Crippen molar-refractivity contribution in [2.45, 2.75) is 39.7 Å². The molecule has 0 spiro atoms. The molecule has 0 aromatic carbocycles. The lowest BCUT2D eigenvalue weighted by atomic mass is 10.1. The Morgan fingerprint density at radius 1 is 1.35 bits per heavy atom. The zero-order valence-corrected chi connectivity index (χ0v) is 12.1. The van der Waals surface area contributed by atoms with E-state index in [-0.39, 0.29) is 18.2 Å². The lowest BCUT2D eigenvalue weighted by Crippen LogP contribution is -2.28. The van der Waals surface area contributed by atoms with E-state index >= 15 is 0 Å². The lowest BCUT2D eigenvalue weighted by molar-refractivity contribution is -0.129. The fraction of sp³-hybridized carbons (Fsp3) is 0.538. The average Bonchev–Trinajstić information content (AvgIpc) is 2.99. The second-order valence-corrected chi connectivity index (χ2v) is 5.10. The highest BCUT2D eigenvalue weighted by atomic mass is 16.6. The highest BCUT2D eigenvalue weighted by Crippen LogP contribution is 2.16. The number of aromatic nitrogens is 3. The molecule has 0 atom stereocenters. The third-order valence-corrected chi connectivity index (χ3v) is 3.04. The van der Waals surface area contributed by atoms with Crippen LogP contribution in [0.1, 0.15) is 42.6 Å². The summed E-state index contributed by atoms with van der Waals surface area (Å²) in [5, 5.41) is 11.3. The molecule has 0 bridgehead atoms. The first-order valence-electron chi connectivity index (χ1n) is 6.45. The molecule has 7 nitrogen and oxygen atoms in total. The fourth-order valence-corrected chi connectivity index (χ4v) is 1.69. The molecule has 0 unspecified atom stereocenters. The van der Waals surface area contributed by atoms with Crippen LogP contribution in [0.3, 0.4) is 0 Å². The molecule has 108 valence electrons. The minimum Gasteiger partial charge on any atom is -0.361 e. The van der Waals surface area contributed by atoms with Gasteiger partial charge >= 0.3 is 0 Å². The maximum Gasteiger partial charge on any atom is 0.228 e. The van der Waals surface area contributed by atoms with Gasteiger partial charge < -0.3 is 9.42 Å². The maximum atomic E-state index is 12.1. The topological polar surface area (TPSA) is 85.3 Å². The van der Waals surface area contributed by atoms with Crippen molar-refractivity contribution in [2.75, 3.05) is 7.05 Å². The summed E-state index contributed by atoms with van der Waals surface area (Å²) >= 11 is 0. The Hall–Kier alpha value is -2.18. The molecule has 0 aliphatic carbocycles. The van der Waals surface area contributed by atoms with Crippen molar-refractivity contribution in [1.82, 2.24) is 20.4 Å². The molecule has 2 heterocycles. The number of amides is 1. The smallest absolute Gasteiger partial charge is 0.228 e. The van der Waals surface area contributed by atoms with Crippen LogP contribution in [0.25, 0.3) is 0 Å². The monoisotopic (exact) mass is 278 g/mol. The van der Waals surface area contributed by atoms with Gasteiger partial charge in [0.05, 0.1) is 13.0 Å². The second kappa shape index (κ2) is 5.85. The Morgan fingerprint density at radius 2 is 2.10 bits per heavy atom. The van der Waals surface area contributed by atoms with Crippen LogP contribution in [0.4, 0.5) is 0 Å². The molecule has 1 amide bonds. The van der Waals surface area contributed by atoms with Crippen molar-refractivity contribution < 1.29 is 13.9 Å². The summed E-state index contributed by atoms with van der Waals surface area (Å²) in [6.45, 7) is 6.21. The lowest BCUT2D eigenvalue weighted by Gasteiger charge is -2.14. The number of hydrogen-bond acceptors (Lipinski definition) is 6. The average molecular weight is 278 g/mol. The summed E-state index contributed by atoms with van der Waals surface area (Å²) in [5.41, 5.74) is 1.93. The van der Waals surface area contributed by atoms with Gasteiger partial charge in [0, 0.05) is 19.0 Å². The van der Waals surface area contributed by atoms with Gasteiger partial charge in [-0.2, -0.15) is 0 Å². The van der Waals surface area contributed by atoms with Gasteiger partial charge in [0.1, 0.15) is 22.8 Å². The molecule has 0 saturated carbocycles. The quantitative estimate of drug-likeness (QED) is 0.827. The Morgan fingerprint density at radius 3 is 2.65 bits per heavy atom. The summed E-state index contributed by atoms with van der Waals surface area (Å²) in [4.78, 5) is 13.6. The molecule has 20 heavy (non-hydrogen) atoms. The number of nitrogens with zero attached hydrogens (tertiary/aromatic N) is 4. The molecule has 0 fully saturated rings. The van der Waals surface area contributed by atoms with E-state index in [1.165, 1.54) is 0 Å². The molecule has 2 rings (SSSR count). The third-order valence-electron chi connectivity index (χ3n) is 3.04. The highest BCUT2D eigenvalue weighted by Gasteiger charge is 2.17. The number of rotatable bonds is 5. The van der Waals surface area contributed by atoms with Crippen LogP contribution in [0.5, 0.6) is 0 Å². The van der Waals surface area contributed by atoms with Crippen LogP contribution in [0.2, 0.25) is 0 Å². The molecular formula is C13H18N4O3. The molecule has 0 saturated heterocycles. The van der Waals surface area contributed by atoms with Crippen molar-refractivity contribution >= 4 is 5.91 Å². The number of carbonyl (C=O) groups is 1. The zero-order valence-electron chi connectivity index (χ0n) is 12.1. The van der Waals surface area contributed by atoms with Crippen LogP contribution >= 0.6 is 0 Å². The van der Waals surface area contributed by atoms with E-state index in [9.17, 15) is 4.79 Å². The Balaban J connectivity index is 1.95. The molecule has 0 aliphatic rings. The molecule has 2 aromatic heterocycles. The van der Waals surface area contributed by atoms with Crippen LogP contribution in [0.15, 0.2) is 15.2 Å². The normalized spacial score (nSPS) is 11.1.